The Morgan fingerprint density at radius 3 is 2.00 bits per heavy atom. The molecule has 0 aliphatic heterocycles. The molecule has 1 unspecified atom stereocenters. The third kappa shape index (κ3) is 2.37. The van der Waals surface area contributed by atoms with E-state index < -0.39 is 0 Å². The highest BCUT2D eigenvalue weighted by molar-refractivity contribution is 5.98. The van der Waals surface area contributed by atoms with Crippen molar-refractivity contribution in [3.8, 4) is 24.7 Å². The maximum atomic E-state index is 5.10. The molecule has 1 atom stereocenters. The summed E-state index contributed by atoms with van der Waals surface area (Å²) in [4.78, 5) is 0. The number of rotatable bonds is 2. The molecule has 0 saturated heterocycles. The van der Waals surface area contributed by atoms with E-state index >= 15 is 0 Å². The minimum absolute atomic E-state index is 0.0201. The van der Waals surface area contributed by atoms with Crippen molar-refractivity contribution in [3.05, 3.63) is 0 Å². The van der Waals surface area contributed by atoms with Crippen LogP contribution >= 0.6 is 0 Å². The van der Waals surface area contributed by atoms with Gasteiger partial charge in [-0.3, -0.25) is 0 Å². The fourth-order valence-corrected chi connectivity index (χ4v) is 0.727. The van der Waals surface area contributed by atoms with Crippen LogP contribution in [-0.2, 0) is 4.43 Å². The van der Waals surface area contributed by atoms with Gasteiger partial charge in [0.25, 0.3) is 0 Å². The Morgan fingerprint density at radius 2 is 1.89 bits per heavy atom. The summed E-state index contributed by atoms with van der Waals surface area (Å²) in [6.07, 6.45) is 10.2. The summed E-state index contributed by atoms with van der Waals surface area (Å²) in [7, 11) is 0.689. The predicted octanol–water partition coefficient (Wildman–Crippen LogP) is -0.446. The first-order valence-electron chi connectivity index (χ1n) is 2.71. The van der Waals surface area contributed by atoms with Crippen molar-refractivity contribution in [3.63, 3.8) is 0 Å². The monoisotopic (exact) mass is 138 g/mol. The van der Waals surface area contributed by atoms with Gasteiger partial charge < -0.3 is 4.43 Å². The van der Waals surface area contributed by atoms with Crippen molar-refractivity contribution >= 4 is 10.5 Å². The van der Waals surface area contributed by atoms with Gasteiger partial charge in [-0.25, -0.2) is 0 Å². The topological polar surface area (TPSA) is 9.23 Å². The van der Waals surface area contributed by atoms with Crippen LogP contribution in [0, 0.1) is 30.6 Å². The van der Waals surface area contributed by atoms with Crippen LogP contribution in [-0.4, -0.2) is 16.6 Å². The van der Waals surface area contributed by atoms with Crippen LogP contribution in [0.15, 0.2) is 0 Å². The summed E-state index contributed by atoms with van der Waals surface area (Å²) >= 11 is 0. The van der Waals surface area contributed by atoms with E-state index in [0.29, 0.717) is 10.5 Å². The second-order valence-corrected chi connectivity index (χ2v) is 2.22. The van der Waals surface area contributed by atoms with Crippen LogP contribution in [0.4, 0.5) is 0 Å². The van der Waals surface area contributed by atoms with Gasteiger partial charge >= 0.3 is 0 Å². The van der Waals surface area contributed by atoms with Gasteiger partial charge in [-0.15, -0.1) is 12.8 Å². The molecule has 0 heterocycles. The fourth-order valence-electron chi connectivity index (χ4n) is 0.455. The van der Waals surface area contributed by atoms with Crippen molar-refractivity contribution in [1.82, 2.24) is 0 Å². The predicted molar refractivity (Wildman–Crippen MR) is 41.6 cm³/mol. The Kier molecular flexibility index (Phi) is 3.87. The largest absolute Gasteiger partial charge is 0.423 e. The van der Waals surface area contributed by atoms with Crippen molar-refractivity contribution in [2.75, 3.05) is 0 Å². The fraction of sp³-hybridized carbons (Fsp3) is 0.429. The summed E-state index contributed by atoms with van der Waals surface area (Å²) in [5, 5.41) is 0. The normalized spacial score (nSPS) is 12.4. The van der Waals surface area contributed by atoms with Gasteiger partial charge in [0, 0.05) is 0 Å². The lowest BCUT2D eigenvalue weighted by atomic mass is 10.1. The molecule has 0 aliphatic rings. The molecule has 0 aromatic heterocycles. The summed E-state index contributed by atoms with van der Waals surface area (Å²) in [5.74, 6) is 4.76. The van der Waals surface area contributed by atoms with Crippen LogP contribution in [0.5, 0.6) is 0 Å². The Hall–Kier alpha value is -0.703. The molecule has 2 heteroatoms. The SMILES string of the molecule is C#CC(C#C)C(C)O[SiH3]. The lowest BCUT2D eigenvalue weighted by Crippen LogP contribution is -2.16. The minimum Gasteiger partial charge on any atom is -0.423 e. The third-order valence-electron chi connectivity index (χ3n) is 1.20. The third-order valence-corrected chi connectivity index (χ3v) is 1.94. The Morgan fingerprint density at radius 1 is 1.44 bits per heavy atom. The zero-order chi connectivity index (χ0) is 7.28. The van der Waals surface area contributed by atoms with Gasteiger partial charge in [0.1, 0.15) is 16.4 Å². The molecule has 48 valence electrons. The van der Waals surface area contributed by atoms with E-state index in [1.54, 1.807) is 0 Å². The molecular formula is C7H10OSi. The molecule has 0 rings (SSSR count). The van der Waals surface area contributed by atoms with Crippen LogP contribution in [0.2, 0.25) is 0 Å². The Labute approximate surface area is 59.3 Å². The van der Waals surface area contributed by atoms with Crippen molar-refractivity contribution < 1.29 is 4.43 Å². The van der Waals surface area contributed by atoms with E-state index in [1.165, 1.54) is 0 Å². The zero-order valence-electron chi connectivity index (χ0n) is 5.72. The Bertz CT molecular complexity index is 137. The first kappa shape index (κ1) is 8.30. The average molecular weight is 138 g/mol. The van der Waals surface area contributed by atoms with Gasteiger partial charge in [0.15, 0.2) is 0 Å². The van der Waals surface area contributed by atoms with Gasteiger partial charge in [-0.1, -0.05) is 11.8 Å². The Balaban J connectivity index is 3.87. The van der Waals surface area contributed by atoms with Crippen molar-refractivity contribution in [2.45, 2.75) is 13.0 Å². The van der Waals surface area contributed by atoms with Crippen LogP contribution < -0.4 is 0 Å². The molecule has 0 amide bonds. The van der Waals surface area contributed by atoms with Crippen LogP contribution in [0.1, 0.15) is 6.92 Å². The molecule has 0 N–H and O–H groups in total. The van der Waals surface area contributed by atoms with Crippen molar-refractivity contribution in [2.24, 2.45) is 5.92 Å². The van der Waals surface area contributed by atoms with E-state index in [2.05, 4.69) is 11.8 Å². The smallest absolute Gasteiger partial charge is 0.146 e. The minimum atomic E-state index is -0.164. The number of hydrogen-bond donors (Lipinski definition) is 0. The molecule has 0 spiro atoms. The summed E-state index contributed by atoms with van der Waals surface area (Å²) in [6.45, 7) is 1.89. The maximum absolute atomic E-state index is 5.10. The highest BCUT2D eigenvalue weighted by Crippen LogP contribution is 2.02. The average Bonchev–Trinajstić information content (AvgIpc) is 1.90. The standard InChI is InChI=1S/C7H10OSi/c1-4-7(5-2)6(3)8-9/h1-2,6-7H,3,9H3. The molecule has 0 bridgehead atoms. The highest BCUT2D eigenvalue weighted by Gasteiger charge is 2.08. The zero-order valence-corrected chi connectivity index (χ0v) is 7.72. The quantitative estimate of drug-likeness (QED) is 0.371. The molecule has 0 fully saturated rings. The lowest BCUT2D eigenvalue weighted by Gasteiger charge is -2.11. The van der Waals surface area contributed by atoms with Crippen LogP contribution in [0.25, 0.3) is 0 Å². The number of hydrogen-bond acceptors (Lipinski definition) is 1. The van der Waals surface area contributed by atoms with Gasteiger partial charge in [-0.2, -0.15) is 0 Å². The van der Waals surface area contributed by atoms with E-state index in [4.69, 9.17) is 17.3 Å². The van der Waals surface area contributed by atoms with Crippen LogP contribution in [0.3, 0.4) is 0 Å². The second kappa shape index (κ2) is 4.20. The highest BCUT2D eigenvalue weighted by atomic mass is 28.2. The van der Waals surface area contributed by atoms with Gasteiger partial charge in [0.05, 0.1) is 6.10 Å². The van der Waals surface area contributed by atoms with E-state index in [1.807, 2.05) is 6.92 Å². The summed E-state index contributed by atoms with van der Waals surface area (Å²) in [6, 6.07) is 0. The molecule has 0 saturated carbocycles. The van der Waals surface area contributed by atoms with E-state index in [0.717, 1.165) is 0 Å². The van der Waals surface area contributed by atoms with E-state index in [9.17, 15) is 0 Å². The number of terminal acetylenes is 2. The lowest BCUT2D eigenvalue weighted by molar-refractivity contribution is 0.223. The molecule has 0 aliphatic carbocycles. The molecule has 0 aromatic rings. The van der Waals surface area contributed by atoms with Gasteiger partial charge in [-0.05, 0) is 6.92 Å². The van der Waals surface area contributed by atoms with E-state index in [-0.39, 0.29) is 12.0 Å². The molecular weight excluding hydrogens is 128 g/mol. The van der Waals surface area contributed by atoms with Crippen molar-refractivity contribution in [1.29, 1.82) is 0 Å². The second-order valence-electron chi connectivity index (χ2n) is 1.75. The first-order valence-corrected chi connectivity index (χ1v) is 3.53. The summed E-state index contributed by atoms with van der Waals surface area (Å²) < 4.78 is 5.05. The molecule has 1 nitrogen and oxygen atoms in total. The molecule has 0 radical (unpaired) electrons. The molecule has 9 heavy (non-hydrogen) atoms. The maximum Gasteiger partial charge on any atom is 0.146 e. The van der Waals surface area contributed by atoms with Gasteiger partial charge in [0.2, 0.25) is 0 Å². The molecule has 0 aromatic carbocycles. The first-order chi connectivity index (χ1) is 4.26. The summed E-state index contributed by atoms with van der Waals surface area (Å²) in [5.41, 5.74) is 0.